The highest BCUT2D eigenvalue weighted by Gasteiger charge is 2.20. The van der Waals surface area contributed by atoms with E-state index >= 15 is 0 Å². The fourth-order valence-corrected chi connectivity index (χ4v) is 2.39. The number of rotatable bonds is 6. The molecule has 0 radical (unpaired) electrons. The van der Waals surface area contributed by atoms with Crippen LogP contribution < -0.4 is 4.74 Å². The second-order valence-electron chi connectivity index (χ2n) is 4.99. The number of allylic oxidation sites excluding steroid dienone is 1. The molecular weight excluding hydrogens is 260 g/mol. The van der Waals surface area contributed by atoms with Crippen molar-refractivity contribution < 1.29 is 9.84 Å². The van der Waals surface area contributed by atoms with Crippen molar-refractivity contribution in [2.24, 2.45) is 0 Å². The topological polar surface area (TPSA) is 29.5 Å². The Balaban J connectivity index is 2.33. The summed E-state index contributed by atoms with van der Waals surface area (Å²) in [6.45, 7) is 2.09. The first kappa shape index (κ1) is 15.3. The van der Waals surface area contributed by atoms with E-state index in [-0.39, 0.29) is 5.92 Å². The Morgan fingerprint density at radius 1 is 1.05 bits per heavy atom. The summed E-state index contributed by atoms with van der Waals surface area (Å²) in [7, 11) is 1.64. The molecule has 0 spiro atoms. The minimum atomic E-state index is -0.592. The van der Waals surface area contributed by atoms with Crippen LogP contribution in [0.5, 0.6) is 5.75 Å². The molecule has 21 heavy (non-hydrogen) atoms. The lowest BCUT2D eigenvalue weighted by atomic mass is 9.88. The zero-order chi connectivity index (χ0) is 15.1. The summed E-state index contributed by atoms with van der Waals surface area (Å²) in [4.78, 5) is 0. The third-order valence-electron chi connectivity index (χ3n) is 3.54. The SMILES string of the molecule is CCC=C[C@H](c1ccccc1)[C@H](O)c1cccc(OC)c1. The predicted octanol–water partition coefficient (Wildman–Crippen LogP) is 4.48. The fraction of sp³-hybridized carbons (Fsp3) is 0.263. The van der Waals surface area contributed by atoms with Crippen molar-refractivity contribution in [1.29, 1.82) is 0 Å². The molecule has 0 amide bonds. The lowest BCUT2D eigenvalue weighted by molar-refractivity contribution is 0.161. The van der Waals surface area contributed by atoms with Gasteiger partial charge in [0, 0.05) is 5.92 Å². The van der Waals surface area contributed by atoms with E-state index < -0.39 is 6.10 Å². The largest absolute Gasteiger partial charge is 0.497 e. The van der Waals surface area contributed by atoms with Gasteiger partial charge in [-0.3, -0.25) is 0 Å². The van der Waals surface area contributed by atoms with Crippen molar-refractivity contribution in [3.05, 3.63) is 77.9 Å². The van der Waals surface area contributed by atoms with Crippen LogP contribution in [0.25, 0.3) is 0 Å². The van der Waals surface area contributed by atoms with Gasteiger partial charge in [-0.15, -0.1) is 0 Å². The van der Waals surface area contributed by atoms with E-state index in [4.69, 9.17) is 4.74 Å². The van der Waals surface area contributed by atoms with Crippen molar-refractivity contribution in [3.8, 4) is 5.75 Å². The molecule has 2 heteroatoms. The highest BCUT2D eigenvalue weighted by molar-refractivity contribution is 5.34. The van der Waals surface area contributed by atoms with E-state index in [9.17, 15) is 5.11 Å². The monoisotopic (exact) mass is 282 g/mol. The minimum absolute atomic E-state index is 0.0572. The van der Waals surface area contributed by atoms with Crippen LogP contribution in [0.15, 0.2) is 66.7 Å². The minimum Gasteiger partial charge on any atom is -0.497 e. The average Bonchev–Trinajstić information content (AvgIpc) is 2.56. The normalized spacial score (nSPS) is 14.0. The van der Waals surface area contributed by atoms with Gasteiger partial charge in [-0.1, -0.05) is 61.5 Å². The van der Waals surface area contributed by atoms with Gasteiger partial charge in [-0.2, -0.15) is 0 Å². The standard InChI is InChI=1S/C19H22O2/c1-3-4-13-18(15-9-6-5-7-10-15)19(20)16-11-8-12-17(14-16)21-2/h4-14,18-20H,3H2,1-2H3/t18-,19-/m1/s1. The molecule has 0 fully saturated rings. The molecule has 0 aliphatic rings. The van der Waals surface area contributed by atoms with Crippen LogP contribution in [-0.4, -0.2) is 12.2 Å². The van der Waals surface area contributed by atoms with E-state index in [1.54, 1.807) is 7.11 Å². The Morgan fingerprint density at radius 2 is 1.76 bits per heavy atom. The summed E-state index contributed by atoms with van der Waals surface area (Å²) in [5.74, 6) is 0.705. The molecule has 0 aromatic heterocycles. The number of benzene rings is 2. The fourth-order valence-electron chi connectivity index (χ4n) is 2.39. The highest BCUT2D eigenvalue weighted by Crippen LogP contribution is 2.33. The Bertz CT molecular complexity index is 575. The summed E-state index contributed by atoms with van der Waals surface area (Å²) in [6, 6.07) is 17.7. The van der Waals surface area contributed by atoms with Gasteiger partial charge < -0.3 is 9.84 Å². The number of hydrogen-bond acceptors (Lipinski definition) is 2. The van der Waals surface area contributed by atoms with Crippen LogP contribution in [0.4, 0.5) is 0 Å². The van der Waals surface area contributed by atoms with Crippen molar-refractivity contribution in [3.63, 3.8) is 0 Å². The molecule has 2 rings (SSSR count). The van der Waals surface area contributed by atoms with Crippen LogP contribution in [0.3, 0.4) is 0 Å². The molecule has 0 unspecified atom stereocenters. The van der Waals surface area contributed by atoms with Gasteiger partial charge in [0.1, 0.15) is 5.75 Å². The third-order valence-corrected chi connectivity index (χ3v) is 3.54. The summed E-state index contributed by atoms with van der Waals surface area (Å²) in [5.41, 5.74) is 1.97. The zero-order valence-corrected chi connectivity index (χ0v) is 12.6. The average molecular weight is 282 g/mol. The maximum atomic E-state index is 10.8. The van der Waals surface area contributed by atoms with Crippen LogP contribution in [0.1, 0.15) is 36.5 Å². The second kappa shape index (κ2) is 7.65. The highest BCUT2D eigenvalue weighted by atomic mass is 16.5. The first-order valence-corrected chi connectivity index (χ1v) is 7.30. The molecule has 2 aromatic rings. The van der Waals surface area contributed by atoms with Gasteiger partial charge in [0.25, 0.3) is 0 Å². The molecule has 0 bridgehead atoms. The maximum absolute atomic E-state index is 10.8. The second-order valence-corrected chi connectivity index (χ2v) is 4.99. The van der Waals surface area contributed by atoms with E-state index in [0.717, 1.165) is 23.3 Å². The van der Waals surface area contributed by atoms with Crippen LogP contribution in [0.2, 0.25) is 0 Å². The van der Waals surface area contributed by atoms with Crippen LogP contribution in [-0.2, 0) is 0 Å². The molecule has 110 valence electrons. The van der Waals surface area contributed by atoms with Crippen molar-refractivity contribution in [2.75, 3.05) is 7.11 Å². The Labute approximate surface area is 126 Å². The van der Waals surface area contributed by atoms with Gasteiger partial charge in [0.05, 0.1) is 13.2 Å². The van der Waals surface area contributed by atoms with Gasteiger partial charge in [-0.05, 0) is 29.7 Å². The van der Waals surface area contributed by atoms with Gasteiger partial charge >= 0.3 is 0 Å². The number of methoxy groups -OCH3 is 1. The summed E-state index contributed by atoms with van der Waals surface area (Å²) in [5, 5.41) is 10.8. The molecule has 0 heterocycles. The molecule has 2 aromatic carbocycles. The van der Waals surface area contributed by atoms with Crippen molar-refractivity contribution >= 4 is 0 Å². The molecule has 2 nitrogen and oxygen atoms in total. The Hall–Kier alpha value is -2.06. The van der Waals surface area contributed by atoms with Gasteiger partial charge in [0.15, 0.2) is 0 Å². The van der Waals surface area contributed by atoms with E-state index in [2.05, 4.69) is 19.1 Å². The van der Waals surface area contributed by atoms with E-state index in [1.165, 1.54) is 0 Å². The Morgan fingerprint density at radius 3 is 2.43 bits per heavy atom. The molecule has 2 atom stereocenters. The van der Waals surface area contributed by atoms with E-state index in [0.29, 0.717) is 0 Å². The maximum Gasteiger partial charge on any atom is 0.119 e. The van der Waals surface area contributed by atoms with Gasteiger partial charge in [-0.25, -0.2) is 0 Å². The van der Waals surface area contributed by atoms with Crippen LogP contribution in [0, 0.1) is 0 Å². The first-order valence-electron chi connectivity index (χ1n) is 7.30. The zero-order valence-electron chi connectivity index (χ0n) is 12.6. The lowest BCUT2D eigenvalue weighted by Gasteiger charge is -2.21. The van der Waals surface area contributed by atoms with E-state index in [1.807, 2.05) is 54.6 Å². The Kier molecular flexibility index (Phi) is 5.59. The summed E-state index contributed by atoms with van der Waals surface area (Å²) in [6.07, 6.45) is 4.54. The molecular formula is C19H22O2. The summed E-state index contributed by atoms with van der Waals surface area (Å²) < 4.78 is 5.24. The van der Waals surface area contributed by atoms with Crippen molar-refractivity contribution in [1.82, 2.24) is 0 Å². The number of aliphatic hydroxyl groups excluding tert-OH is 1. The van der Waals surface area contributed by atoms with Gasteiger partial charge in [0.2, 0.25) is 0 Å². The number of aliphatic hydroxyl groups is 1. The number of hydrogen-bond donors (Lipinski definition) is 1. The molecule has 0 aliphatic heterocycles. The lowest BCUT2D eigenvalue weighted by Crippen LogP contribution is -2.09. The summed E-state index contributed by atoms with van der Waals surface area (Å²) >= 11 is 0. The quantitative estimate of drug-likeness (QED) is 0.792. The molecule has 1 N–H and O–H groups in total. The molecule has 0 saturated heterocycles. The molecule has 0 aliphatic carbocycles. The smallest absolute Gasteiger partial charge is 0.119 e. The number of ether oxygens (including phenoxy) is 1. The predicted molar refractivity (Wildman–Crippen MR) is 86.6 cm³/mol. The third kappa shape index (κ3) is 3.96. The molecule has 0 saturated carbocycles. The first-order chi connectivity index (χ1) is 10.3. The van der Waals surface area contributed by atoms with Crippen molar-refractivity contribution in [2.45, 2.75) is 25.4 Å². The van der Waals surface area contributed by atoms with Crippen LogP contribution >= 0.6 is 0 Å².